The molecular formula is C20H20F3NO4. The Morgan fingerprint density at radius 3 is 2.64 bits per heavy atom. The zero-order valence-corrected chi connectivity index (χ0v) is 15.4. The monoisotopic (exact) mass is 395 g/mol. The van der Waals surface area contributed by atoms with Crippen LogP contribution in [0.15, 0.2) is 42.1 Å². The fourth-order valence-electron chi connectivity index (χ4n) is 2.92. The molecule has 3 rings (SSSR count). The molecule has 0 bridgehead atoms. The number of hydrogen-bond acceptors (Lipinski definition) is 4. The lowest BCUT2D eigenvalue weighted by atomic mass is 10.1. The Morgan fingerprint density at radius 1 is 1.32 bits per heavy atom. The second kappa shape index (κ2) is 7.33. The molecule has 150 valence electrons. The fourth-order valence-corrected chi connectivity index (χ4v) is 2.92. The summed E-state index contributed by atoms with van der Waals surface area (Å²) in [7, 11) is 0. The highest BCUT2D eigenvalue weighted by Crippen LogP contribution is 2.51. The summed E-state index contributed by atoms with van der Waals surface area (Å²) in [6.45, 7) is 4.54. The van der Waals surface area contributed by atoms with E-state index in [9.17, 15) is 22.8 Å². The molecule has 0 aliphatic heterocycles. The molecule has 0 spiro atoms. The lowest BCUT2D eigenvalue weighted by Gasteiger charge is -2.16. The Morgan fingerprint density at radius 2 is 2.04 bits per heavy atom. The number of allylic oxidation sites excluding steroid dienone is 3. The number of carbonyl (C=O) groups is 2. The summed E-state index contributed by atoms with van der Waals surface area (Å²) in [5, 5.41) is 2.51. The largest absolute Gasteiger partial charge is 0.573 e. The number of alkyl halides is 3. The molecule has 28 heavy (non-hydrogen) atoms. The lowest BCUT2D eigenvalue weighted by molar-refractivity contribution is -0.274. The number of amides is 1. The summed E-state index contributed by atoms with van der Waals surface area (Å²) in [4.78, 5) is 24.1. The minimum Gasteiger partial charge on any atom is -0.492 e. The van der Waals surface area contributed by atoms with Crippen molar-refractivity contribution in [2.45, 2.75) is 33.1 Å². The van der Waals surface area contributed by atoms with E-state index in [0.717, 1.165) is 18.6 Å². The highest BCUT2D eigenvalue weighted by molar-refractivity contribution is 6.00. The first kappa shape index (κ1) is 20.0. The van der Waals surface area contributed by atoms with E-state index >= 15 is 0 Å². The molecule has 1 aromatic rings. The zero-order valence-electron chi connectivity index (χ0n) is 15.4. The van der Waals surface area contributed by atoms with Crippen LogP contribution in [0.2, 0.25) is 0 Å². The number of ether oxygens (including phenoxy) is 2. The molecule has 1 saturated carbocycles. The number of benzene rings is 1. The van der Waals surface area contributed by atoms with Gasteiger partial charge in [0.25, 0.3) is 5.91 Å². The van der Waals surface area contributed by atoms with Crippen LogP contribution in [0.5, 0.6) is 11.5 Å². The molecule has 1 amide bonds. The first-order valence-electron chi connectivity index (χ1n) is 8.78. The predicted molar refractivity (Wildman–Crippen MR) is 94.8 cm³/mol. The van der Waals surface area contributed by atoms with E-state index in [4.69, 9.17) is 4.74 Å². The highest BCUT2D eigenvalue weighted by Gasteiger charge is 2.46. The lowest BCUT2D eigenvalue weighted by Crippen LogP contribution is -2.25. The summed E-state index contributed by atoms with van der Waals surface area (Å²) < 4.78 is 47.2. The topological polar surface area (TPSA) is 64.6 Å². The van der Waals surface area contributed by atoms with Crippen LogP contribution in [-0.2, 0) is 4.79 Å². The van der Waals surface area contributed by atoms with Gasteiger partial charge >= 0.3 is 6.36 Å². The quantitative estimate of drug-likeness (QED) is 0.786. The molecule has 2 aliphatic rings. The van der Waals surface area contributed by atoms with Gasteiger partial charge in [-0.2, -0.15) is 0 Å². The van der Waals surface area contributed by atoms with Crippen molar-refractivity contribution in [1.82, 2.24) is 5.32 Å². The van der Waals surface area contributed by atoms with Crippen LogP contribution >= 0.6 is 0 Å². The second-order valence-electron chi connectivity index (χ2n) is 7.53. The van der Waals surface area contributed by atoms with Crippen LogP contribution in [0.4, 0.5) is 13.2 Å². The Hall–Kier alpha value is -2.77. The van der Waals surface area contributed by atoms with E-state index in [1.165, 1.54) is 12.1 Å². The number of ketones is 1. The van der Waals surface area contributed by atoms with Gasteiger partial charge in [-0.15, -0.1) is 13.2 Å². The molecule has 0 aromatic heterocycles. The van der Waals surface area contributed by atoms with Gasteiger partial charge in [-0.05, 0) is 42.0 Å². The van der Waals surface area contributed by atoms with E-state index in [1.807, 2.05) is 0 Å². The van der Waals surface area contributed by atoms with Gasteiger partial charge in [0.1, 0.15) is 11.5 Å². The molecule has 8 heteroatoms. The van der Waals surface area contributed by atoms with Crippen molar-refractivity contribution >= 4 is 11.7 Å². The average molecular weight is 395 g/mol. The minimum absolute atomic E-state index is 0.104. The van der Waals surface area contributed by atoms with Crippen molar-refractivity contribution in [2.24, 2.45) is 11.3 Å². The van der Waals surface area contributed by atoms with Crippen LogP contribution in [-0.4, -0.2) is 24.7 Å². The van der Waals surface area contributed by atoms with E-state index < -0.39 is 18.0 Å². The summed E-state index contributed by atoms with van der Waals surface area (Å²) in [5.74, 6) is -0.929. The van der Waals surface area contributed by atoms with Gasteiger partial charge in [0.05, 0.1) is 12.2 Å². The van der Waals surface area contributed by atoms with Crippen molar-refractivity contribution in [3.63, 3.8) is 0 Å². The van der Waals surface area contributed by atoms with Crippen molar-refractivity contribution in [1.29, 1.82) is 0 Å². The number of nitrogens with one attached hydrogen (secondary N) is 1. The van der Waals surface area contributed by atoms with Crippen molar-refractivity contribution < 1.29 is 32.2 Å². The summed E-state index contributed by atoms with van der Waals surface area (Å²) in [6.07, 6.45) is 0.746. The van der Waals surface area contributed by atoms with E-state index in [1.54, 1.807) is 12.2 Å². The Bertz CT molecular complexity index is 855. The second-order valence-corrected chi connectivity index (χ2v) is 7.53. The van der Waals surface area contributed by atoms with Crippen molar-refractivity contribution in [3.05, 3.63) is 47.7 Å². The SMILES string of the molecule is CC1(C)CC1COc1ccc(OC(F)(F)F)cc1C(=O)NC1=CC(=O)CC=C1. The van der Waals surface area contributed by atoms with E-state index in [2.05, 4.69) is 23.9 Å². The first-order chi connectivity index (χ1) is 13.0. The molecule has 1 aromatic carbocycles. The number of rotatable bonds is 6. The molecule has 0 heterocycles. The first-order valence-corrected chi connectivity index (χ1v) is 8.78. The Balaban J connectivity index is 1.81. The maximum atomic E-state index is 12.6. The van der Waals surface area contributed by atoms with Crippen LogP contribution in [0.3, 0.4) is 0 Å². The number of halogens is 3. The van der Waals surface area contributed by atoms with Crippen molar-refractivity contribution in [2.75, 3.05) is 6.61 Å². The minimum atomic E-state index is -4.88. The van der Waals surface area contributed by atoms with Gasteiger partial charge in [0, 0.05) is 18.2 Å². The summed E-state index contributed by atoms with van der Waals surface area (Å²) in [5.41, 5.74) is 0.310. The molecule has 1 fully saturated rings. The normalized spacial score (nSPS) is 20.4. The molecule has 0 saturated heterocycles. The molecule has 1 N–H and O–H groups in total. The molecule has 5 nitrogen and oxygen atoms in total. The number of hydrogen-bond donors (Lipinski definition) is 1. The average Bonchev–Trinajstić information content (AvgIpc) is 3.19. The summed E-state index contributed by atoms with van der Waals surface area (Å²) >= 11 is 0. The molecule has 2 aliphatic carbocycles. The number of carbonyl (C=O) groups excluding carboxylic acids is 2. The van der Waals surface area contributed by atoms with Gasteiger partial charge < -0.3 is 14.8 Å². The third-order valence-electron chi connectivity index (χ3n) is 4.78. The van der Waals surface area contributed by atoms with E-state index in [0.29, 0.717) is 12.5 Å². The molecular weight excluding hydrogens is 375 g/mol. The molecule has 1 atom stereocenters. The Kier molecular flexibility index (Phi) is 5.23. The van der Waals surface area contributed by atoms with Gasteiger partial charge in [-0.25, -0.2) is 0 Å². The van der Waals surface area contributed by atoms with Gasteiger partial charge in [-0.3, -0.25) is 9.59 Å². The van der Waals surface area contributed by atoms with E-state index in [-0.39, 0.29) is 34.6 Å². The van der Waals surface area contributed by atoms with Gasteiger partial charge in [-0.1, -0.05) is 19.9 Å². The third kappa shape index (κ3) is 5.15. The van der Waals surface area contributed by atoms with Crippen LogP contribution in [0.25, 0.3) is 0 Å². The predicted octanol–water partition coefficient (Wildman–Crippen LogP) is 4.15. The zero-order chi connectivity index (χ0) is 20.5. The third-order valence-corrected chi connectivity index (χ3v) is 4.78. The smallest absolute Gasteiger partial charge is 0.492 e. The van der Waals surface area contributed by atoms with Gasteiger partial charge in [0.15, 0.2) is 5.78 Å². The maximum absolute atomic E-state index is 12.6. The highest BCUT2D eigenvalue weighted by atomic mass is 19.4. The van der Waals surface area contributed by atoms with Gasteiger partial charge in [0.2, 0.25) is 0 Å². The van der Waals surface area contributed by atoms with Crippen LogP contribution in [0, 0.1) is 11.3 Å². The van der Waals surface area contributed by atoms with Crippen molar-refractivity contribution in [3.8, 4) is 11.5 Å². The molecule has 1 unspecified atom stereocenters. The Labute approximate surface area is 160 Å². The summed E-state index contributed by atoms with van der Waals surface area (Å²) in [6, 6.07) is 3.35. The standard InChI is InChI=1S/C20H20F3NO4/c1-19(2)10-12(19)11-27-17-7-6-15(28-20(21,22)23)9-16(17)18(26)24-13-4-3-5-14(25)8-13/h3-4,6-9,12H,5,10-11H2,1-2H3,(H,24,26). The molecule has 0 radical (unpaired) electrons. The van der Waals surface area contributed by atoms with Crippen LogP contribution in [0.1, 0.15) is 37.0 Å². The van der Waals surface area contributed by atoms with Crippen LogP contribution < -0.4 is 14.8 Å². The fraction of sp³-hybridized carbons (Fsp3) is 0.400. The maximum Gasteiger partial charge on any atom is 0.573 e.